The highest BCUT2D eigenvalue weighted by molar-refractivity contribution is 7.89. The van der Waals surface area contributed by atoms with Crippen LogP contribution in [0.4, 0.5) is 0 Å². The van der Waals surface area contributed by atoms with Gasteiger partial charge in [-0.3, -0.25) is 0 Å². The van der Waals surface area contributed by atoms with Crippen molar-refractivity contribution in [2.45, 2.75) is 44.2 Å². The van der Waals surface area contributed by atoms with Crippen molar-refractivity contribution < 1.29 is 8.42 Å². The molecule has 0 radical (unpaired) electrons. The van der Waals surface area contributed by atoms with Gasteiger partial charge in [0, 0.05) is 36.4 Å². The molecule has 1 saturated carbocycles. The Morgan fingerprint density at radius 2 is 2.16 bits per heavy atom. The SMILES string of the molecule is CC(C)NCc1cc(S(=O)(=O)N(C)CC2CC2)cs1. The Balaban J connectivity index is 2.03. The summed E-state index contributed by atoms with van der Waals surface area (Å²) in [5.74, 6) is 0.570. The van der Waals surface area contributed by atoms with Gasteiger partial charge in [-0.15, -0.1) is 11.3 Å². The van der Waals surface area contributed by atoms with Crippen LogP contribution in [0.15, 0.2) is 16.3 Å². The van der Waals surface area contributed by atoms with Crippen LogP contribution in [0.2, 0.25) is 0 Å². The minimum atomic E-state index is -3.30. The van der Waals surface area contributed by atoms with E-state index in [1.54, 1.807) is 18.5 Å². The Bertz CT molecular complexity index is 519. The zero-order chi connectivity index (χ0) is 14.0. The molecule has 0 atom stereocenters. The van der Waals surface area contributed by atoms with Crippen LogP contribution in [0.25, 0.3) is 0 Å². The van der Waals surface area contributed by atoms with Gasteiger partial charge in [0.1, 0.15) is 0 Å². The highest BCUT2D eigenvalue weighted by atomic mass is 32.2. The van der Waals surface area contributed by atoms with E-state index in [-0.39, 0.29) is 0 Å². The number of rotatable bonds is 7. The monoisotopic (exact) mass is 302 g/mol. The van der Waals surface area contributed by atoms with Crippen molar-refractivity contribution in [1.82, 2.24) is 9.62 Å². The number of nitrogens with one attached hydrogen (secondary N) is 1. The normalized spacial score (nSPS) is 16.5. The second-order valence-electron chi connectivity index (χ2n) is 5.51. The van der Waals surface area contributed by atoms with Crippen molar-refractivity contribution in [2.24, 2.45) is 5.92 Å². The Morgan fingerprint density at radius 3 is 2.74 bits per heavy atom. The van der Waals surface area contributed by atoms with Crippen molar-refractivity contribution >= 4 is 21.4 Å². The maximum atomic E-state index is 12.4. The fourth-order valence-corrected chi connectivity index (χ4v) is 4.30. The van der Waals surface area contributed by atoms with Crippen LogP contribution >= 0.6 is 11.3 Å². The maximum Gasteiger partial charge on any atom is 0.243 e. The second-order valence-corrected chi connectivity index (χ2v) is 8.55. The maximum absolute atomic E-state index is 12.4. The van der Waals surface area contributed by atoms with Crippen molar-refractivity contribution in [3.63, 3.8) is 0 Å². The van der Waals surface area contributed by atoms with Gasteiger partial charge in [-0.05, 0) is 24.8 Å². The largest absolute Gasteiger partial charge is 0.310 e. The van der Waals surface area contributed by atoms with E-state index >= 15 is 0 Å². The van der Waals surface area contributed by atoms with Gasteiger partial charge < -0.3 is 5.32 Å². The minimum absolute atomic E-state index is 0.402. The van der Waals surface area contributed by atoms with Crippen molar-refractivity contribution in [3.05, 3.63) is 16.3 Å². The molecule has 0 bridgehead atoms. The Labute approximate surface area is 119 Å². The number of thiophene rings is 1. The lowest BCUT2D eigenvalue weighted by Crippen LogP contribution is -2.28. The highest BCUT2D eigenvalue weighted by Crippen LogP contribution is 2.31. The molecular formula is C13H22N2O2S2. The van der Waals surface area contributed by atoms with Gasteiger partial charge in [0.2, 0.25) is 10.0 Å². The molecule has 0 unspecified atom stereocenters. The van der Waals surface area contributed by atoms with E-state index in [9.17, 15) is 8.42 Å². The van der Waals surface area contributed by atoms with Crippen LogP contribution in [0.3, 0.4) is 0 Å². The first-order valence-corrected chi connectivity index (χ1v) is 8.98. The Kier molecular flexibility index (Phi) is 4.66. The van der Waals surface area contributed by atoms with E-state index in [2.05, 4.69) is 19.2 Å². The lowest BCUT2D eigenvalue weighted by Gasteiger charge is -2.15. The van der Waals surface area contributed by atoms with Gasteiger partial charge in [0.25, 0.3) is 0 Å². The molecule has 6 heteroatoms. The fourth-order valence-electron chi connectivity index (χ4n) is 1.84. The number of hydrogen-bond acceptors (Lipinski definition) is 4. The average Bonchev–Trinajstić information content (AvgIpc) is 3.01. The van der Waals surface area contributed by atoms with Crippen LogP contribution in [-0.4, -0.2) is 32.4 Å². The molecule has 1 aliphatic carbocycles. The first-order chi connectivity index (χ1) is 8.89. The molecule has 4 nitrogen and oxygen atoms in total. The molecule has 2 rings (SSSR count). The number of nitrogens with zero attached hydrogens (tertiary/aromatic N) is 1. The second kappa shape index (κ2) is 5.91. The summed E-state index contributed by atoms with van der Waals surface area (Å²) in [5.41, 5.74) is 0. The van der Waals surface area contributed by atoms with Crippen LogP contribution in [0.5, 0.6) is 0 Å². The molecule has 0 aromatic carbocycles. The number of sulfonamides is 1. The molecule has 0 amide bonds. The van der Waals surface area contributed by atoms with Crippen LogP contribution in [0, 0.1) is 5.92 Å². The minimum Gasteiger partial charge on any atom is -0.310 e. The Hall–Kier alpha value is -0.430. The predicted molar refractivity (Wildman–Crippen MR) is 78.8 cm³/mol. The zero-order valence-corrected chi connectivity index (χ0v) is 13.4. The molecular weight excluding hydrogens is 280 g/mol. The van der Waals surface area contributed by atoms with E-state index in [0.717, 1.165) is 24.3 Å². The molecule has 1 fully saturated rings. The molecule has 0 aliphatic heterocycles. The summed E-state index contributed by atoms with van der Waals surface area (Å²) in [6.45, 7) is 5.53. The van der Waals surface area contributed by atoms with Gasteiger partial charge in [0.15, 0.2) is 0 Å². The number of hydrogen-bond donors (Lipinski definition) is 1. The van der Waals surface area contributed by atoms with Crippen LogP contribution < -0.4 is 5.32 Å². The van der Waals surface area contributed by atoms with Gasteiger partial charge in [-0.1, -0.05) is 13.8 Å². The van der Waals surface area contributed by atoms with Gasteiger partial charge in [-0.25, -0.2) is 12.7 Å². The van der Waals surface area contributed by atoms with Crippen molar-refractivity contribution in [1.29, 1.82) is 0 Å². The Morgan fingerprint density at radius 1 is 1.47 bits per heavy atom. The molecule has 0 spiro atoms. The summed E-state index contributed by atoms with van der Waals surface area (Å²) in [4.78, 5) is 1.49. The fraction of sp³-hybridized carbons (Fsp3) is 0.692. The topological polar surface area (TPSA) is 49.4 Å². The summed E-state index contributed by atoms with van der Waals surface area (Å²) in [7, 11) is -1.62. The standard InChI is InChI=1S/C13H22N2O2S2/c1-10(2)14-7-12-6-13(9-18-12)19(16,17)15(3)8-11-4-5-11/h6,9-11,14H,4-5,7-8H2,1-3H3. The molecule has 1 aromatic heterocycles. The molecule has 1 aromatic rings. The van der Waals surface area contributed by atoms with Crippen molar-refractivity contribution in [3.8, 4) is 0 Å². The third-order valence-electron chi connectivity index (χ3n) is 3.23. The third-order valence-corrected chi connectivity index (χ3v) is 6.12. The summed E-state index contributed by atoms with van der Waals surface area (Å²) in [6, 6.07) is 2.19. The lowest BCUT2D eigenvalue weighted by molar-refractivity contribution is 0.453. The molecule has 0 saturated heterocycles. The van der Waals surface area contributed by atoms with Crippen molar-refractivity contribution in [2.75, 3.05) is 13.6 Å². The zero-order valence-electron chi connectivity index (χ0n) is 11.7. The first-order valence-electron chi connectivity index (χ1n) is 6.66. The third kappa shape index (κ3) is 4.02. The van der Waals surface area contributed by atoms with E-state index in [4.69, 9.17) is 0 Å². The highest BCUT2D eigenvalue weighted by Gasteiger charge is 2.29. The lowest BCUT2D eigenvalue weighted by atomic mass is 10.4. The van der Waals surface area contributed by atoms with Gasteiger partial charge in [-0.2, -0.15) is 0 Å². The van der Waals surface area contributed by atoms with Crippen LogP contribution in [0.1, 0.15) is 31.6 Å². The molecule has 19 heavy (non-hydrogen) atoms. The van der Waals surface area contributed by atoms with E-state index < -0.39 is 10.0 Å². The first kappa shape index (κ1) is 15.0. The molecule has 1 heterocycles. The van der Waals surface area contributed by atoms with Gasteiger partial charge >= 0.3 is 0 Å². The molecule has 1 N–H and O–H groups in total. The summed E-state index contributed by atoms with van der Waals surface area (Å²) >= 11 is 1.50. The van der Waals surface area contributed by atoms with E-state index in [1.807, 2.05) is 0 Å². The smallest absolute Gasteiger partial charge is 0.243 e. The van der Waals surface area contributed by atoms with E-state index in [1.165, 1.54) is 15.6 Å². The quantitative estimate of drug-likeness (QED) is 0.840. The molecule has 1 aliphatic rings. The summed E-state index contributed by atoms with van der Waals surface area (Å²) in [5, 5.41) is 5.05. The summed E-state index contributed by atoms with van der Waals surface area (Å²) < 4.78 is 26.2. The average molecular weight is 302 g/mol. The predicted octanol–water partition coefficient (Wildman–Crippen LogP) is 2.28. The molecule has 108 valence electrons. The summed E-state index contributed by atoms with van der Waals surface area (Å²) in [6.07, 6.45) is 2.32. The van der Waals surface area contributed by atoms with E-state index in [0.29, 0.717) is 23.4 Å². The van der Waals surface area contributed by atoms with Gasteiger partial charge in [0.05, 0.1) is 4.90 Å². The van der Waals surface area contributed by atoms with Crippen LogP contribution in [-0.2, 0) is 16.6 Å².